The second-order valence-corrected chi connectivity index (χ2v) is 6.10. The summed E-state index contributed by atoms with van der Waals surface area (Å²) in [6.45, 7) is 3.93. The van der Waals surface area contributed by atoms with E-state index in [9.17, 15) is 9.18 Å². The molecule has 0 aliphatic heterocycles. The molecule has 2 N–H and O–H groups in total. The summed E-state index contributed by atoms with van der Waals surface area (Å²) in [5, 5.41) is 10.00. The molecule has 0 fully saturated rings. The number of ether oxygens (including phenoxy) is 1. The number of nitrogens with zero attached hydrogens (tertiary/aromatic N) is 2. The number of aryl methyl sites for hydroxylation is 1. The van der Waals surface area contributed by atoms with Crippen LogP contribution in [0.3, 0.4) is 0 Å². The second kappa shape index (κ2) is 7.90. The summed E-state index contributed by atoms with van der Waals surface area (Å²) in [7, 11) is 1.58. The minimum absolute atomic E-state index is 0.281. The predicted molar refractivity (Wildman–Crippen MR) is 103 cm³/mol. The monoisotopic (exact) mass is 368 g/mol. The fourth-order valence-corrected chi connectivity index (χ4v) is 2.77. The molecule has 0 saturated carbocycles. The molecule has 2 amide bonds. The Balaban J connectivity index is 1.72. The Morgan fingerprint density at radius 1 is 1.11 bits per heavy atom. The van der Waals surface area contributed by atoms with E-state index in [-0.39, 0.29) is 11.8 Å². The van der Waals surface area contributed by atoms with Gasteiger partial charge in [-0.3, -0.25) is 4.68 Å². The lowest BCUT2D eigenvalue weighted by molar-refractivity contribution is 0.262. The molecule has 1 heterocycles. The van der Waals surface area contributed by atoms with Gasteiger partial charge in [-0.2, -0.15) is 5.10 Å². The van der Waals surface area contributed by atoms with Crippen LogP contribution in [-0.2, 0) is 6.54 Å². The fraction of sp³-hybridized carbons (Fsp3) is 0.200. The van der Waals surface area contributed by atoms with Gasteiger partial charge in [0.15, 0.2) is 0 Å². The van der Waals surface area contributed by atoms with Crippen molar-refractivity contribution in [1.29, 1.82) is 0 Å². The summed E-state index contributed by atoms with van der Waals surface area (Å²) in [6.07, 6.45) is 0. The van der Waals surface area contributed by atoms with Crippen LogP contribution < -0.4 is 15.4 Å². The maximum Gasteiger partial charge on any atom is 0.323 e. The van der Waals surface area contributed by atoms with Crippen molar-refractivity contribution in [3.8, 4) is 5.75 Å². The second-order valence-electron chi connectivity index (χ2n) is 6.10. The molecule has 0 atom stereocenters. The van der Waals surface area contributed by atoms with Gasteiger partial charge in [-0.15, -0.1) is 0 Å². The lowest BCUT2D eigenvalue weighted by Gasteiger charge is -2.09. The molecule has 140 valence electrons. The van der Waals surface area contributed by atoms with Gasteiger partial charge in [0.25, 0.3) is 0 Å². The van der Waals surface area contributed by atoms with Crippen LogP contribution in [-0.4, -0.2) is 22.9 Å². The first-order valence-corrected chi connectivity index (χ1v) is 8.47. The zero-order chi connectivity index (χ0) is 19.4. The number of urea groups is 1. The smallest absolute Gasteiger partial charge is 0.323 e. The molecule has 3 rings (SSSR count). The standard InChI is InChI=1S/C20H21FN4O2/c1-13-19(23-20(26)22-16-8-10-17(27-3)11-9-16)14(2)25(24-13)12-15-6-4-5-7-18(15)21/h4-11H,12H2,1-3H3,(H2,22,23,26). The summed E-state index contributed by atoms with van der Waals surface area (Å²) < 4.78 is 20.7. The van der Waals surface area contributed by atoms with Crippen LogP contribution in [0.25, 0.3) is 0 Å². The topological polar surface area (TPSA) is 68.2 Å². The number of aromatic nitrogens is 2. The average Bonchev–Trinajstić information content (AvgIpc) is 2.91. The van der Waals surface area contributed by atoms with E-state index in [0.717, 1.165) is 5.69 Å². The van der Waals surface area contributed by atoms with Gasteiger partial charge in [0.1, 0.15) is 11.6 Å². The largest absolute Gasteiger partial charge is 0.497 e. The van der Waals surface area contributed by atoms with Crippen LogP contribution in [0.2, 0.25) is 0 Å². The number of anilines is 2. The molecule has 0 bridgehead atoms. The SMILES string of the molecule is COc1ccc(NC(=O)Nc2c(C)nn(Cc3ccccc3F)c2C)cc1. The number of methoxy groups -OCH3 is 1. The highest BCUT2D eigenvalue weighted by atomic mass is 19.1. The number of rotatable bonds is 5. The van der Waals surface area contributed by atoms with Crippen molar-refractivity contribution in [1.82, 2.24) is 9.78 Å². The van der Waals surface area contributed by atoms with Gasteiger partial charge in [0.2, 0.25) is 0 Å². The number of hydrogen-bond donors (Lipinski definition) is 2. The summed E-state index contributed by atoms with van der Waals surface area (Å²) in [4.78, 5) is 12.3. The minimum atomic E-state index is -0.378. The van der Waals surface area contributed by atoms with Crippen LogP contribution >= 0.6 is 0 Å². The van der Waals surface area contributed by atoms with Crippen LogP contribution in [0.15, 0.2) is 48.5 Å². The Morgan fingerprint density at radius 2 is 1.81 bits per heavy atom. The highest BCUT2D eigenvalue weighted by Gasteiger charge is 2.15. The fourth-order valence-electron chi connectivity index (χ4n) is 2.77. The van der Waals surface area contributed by atoms with E-state index in [1.807, 2.05) is 6.92 Å². The van der Waals surface area contributed by atoms with Crippen LogP contribution in [0.1, 0.15) is 17.0 Å². The summed E-state index contributed by atoms with van der Waals surface area (Å²) in [6, 6.07) is 13.2. The van der Waals surface area contributed by atoms with Crippen LogP contribution in [0.5, 0.6) is 5.75 Å². The Kier molecular flexibility index (Phi) is 5.40. The van der Waals surface area contributed by atoms with Crippen LogP contribution in [0, 0.1) is 19.7 Å². The molecule has 1 aromatic heterocycles. The normalized spacial score (nSPS) is 10.5. The molecule has 0 unspecified atom stereocenters. The van der Waals surface area contributed by atoms with E-state index >= 15 is 0 Å². The van der Waals surface area contributed by atoms with Crippen molar-refractivity contribution in [3.05, 3.63) is 71.3 Å². The Bertz CT molecular complexity index is 951. The lowest BCUT2D eigenvalue weighted by Crippen LogP contribution is -2.20. The van der Waals surface area contributed by atoms with E-state index in [2.05, 4.69) is 15.7 Å². The molecule has 2 aromatic carbocycles. The van der Waals surface area contributed by atoms with Crippen LogP contribution in [0.4, 0.5) is 20.6 Å². The van der Waals surface area contributed by atoms with Crippen molar-refractivity contribution in [3.63, 3.8) is 0 Å². The Morgan fingerprint density at radius 3 is 2.48 bits per heavy atom. The molecule has 0 aliphatic carbocycles. The van der Waals surface area contributed by atoms with E-state index in [0.29, 0.717) is 34.9 Å². The van der Waals surface area contributed by atoms with Gasteiger partial charge in [-0.25, -0.2) is 9.18 Å². The highest BCUT2D eigenvalue weighted by Crippen LogP contribution is 2.22. The molecule has 0 saturated heterocycles. The van der Waals surface area contributed by atoms with Gasteiger partial charge in [0, 0.05) is 11.3 Å². The molecular formula is C20H21FN4O2. The average molecular weight is 368 g/mol. The molecular weight excluding hydrogens is 347 g/mol. The number of hydrogen-bond acceptors (Lipinski definition) is 3. The third-order valence-corrected chi connectivity index (χ3v) is 4.25. The maximum absolute atomic E-state index is 13.9. The summed E-state index contributed by atoms with van der Waals surface area (Å²) >= 11 is 0. The molecule has 7 heteroatoms. The van der Waals surface area contributed by atoms with E-state index in [1.165, 1.54) is 6.07 Å². The zero-order valence-corrected chi connectivity index (χ0v) is 15.4. The van der Waals surface area contributed by atoms with Crippen molar-refractivity contribution in [2.24, 2.45) is 0 Å². The van der Waals surface area contributed by atoms with Crippen molar-refractivity contribution >= 4 is 17.4 Å². The van der Waals surface area contributed by atoms with Crippen molar-refractivity contribution in [2.75, 3.05) is 17.7 Å². The van der Waals surface area contributed by atoms with Crippen molar-refractivity contribution in [2.45, 2.75) is 20.4 Å². The minimum Gasteiger partial charge on any atom is -0.497 e. The molecule has 6 nitrogen and oxygen atoms in total. The number of carbonyl (C=O) groups is 1. The van der Waals surface area contributed by atoms with Gasteiger partial charge >= 0.3 is 6.03 Å². The number of halogens is 1. The van der Waals surface area contributed by atoms with E-state index in [1.54, 1.807) is 61.2 Å². The third-order valence-electron chi connectivity index (χ3n) is 4.25. The van der Waals surface area contributed by atoms with Gasteiger partial charge in [0.05, 0.1) is 30.7 Å². The Labute approximate surface area is 157 Å². The van der Waals surface area contributed by atoms with Gasteiger partial charge < -0.3 is 15.4 Å². The first-order chi connectivity index (χ1) is 13.0. The Hall–Kier alpha value is -3.35. The predicted octanol–water partition coefficient (Wildman–Crippen LogP) is 4.34. The van der Waals surface area contributed by atoms with Crippen molar-refractivity contribution < 1.29 is 13.9 Å². The number of amides is 2. The summed E-state index contributed by atoms with van der Waals surface area (Å²) in [5.41, 5.74) is 3.20. The number of benzene rings is 2. The number of nitrogens with one attached hydrogen (secondary N) is 2. The first-order valence-electron chi connectivity index (χ1n) is 8.47. The highest BCUT2D eigenvalue weighted by molar-refractivity contribution is 6.00. The maximum atomic E-state index is 13.9. The van der Waals surface area contributed by atoms with Gasteiger partial charge in [-0.1, -0.05) is 18.2 Å². The summed E-state index contributed by atoms with van der Waals surface area (Å²) in [5.74, 6) is 0.430. The van der Waals surface area contributed by atoms with E-state index < -0.39 is 0 Å². The first kappa shape index (κ1) is 18.4. The molecule has 0 radical (unpaired) electrons. The molecule has 0 spiro atoms. The third kappa shape index (κ3) is 4.25. The molecule has 27 heavy (non-hydrogen) atoms. The lowest BCUT2D eigenvalue weighted by atomic mass is 10.2. The quantitative estimate of drug-likeness (QED) is 0.704. The van der Waals surface area contributed by atoms with Gasteiger partial charge in [-0.05, 0) is 44.2 Å². The number of carbonyl (C=O) groups excluding carboxylic acids is 1. The zero-order valence-electron chi connectivity index (χ0n) is 15.4. The van der Waals surface area contributed by atoms with E-state index in [4.69, 9.17) is 4.74 Å². The molecule has 0 aliphatic rings. The molecule has 3 aromatic rings.